The molecule has 13 heavy (non-hydrogen) atoms. The Morgan fingerprint density at radius 2 is 2.31 bits per heavy atom. The summed E-state index contributed by atoms with van der Waals surface area (Å²) in [6, 6.07) is 0. The molecule has 0 aliphatic heterocycles. The van der Waals surface area contributed by atoms with Gasteiger partial charge >= 0.3 is 0 Å². The molecule has 1 aliphatic rings. The van der Waals surface area contributed by atoms with Crippen molar-refractivity contribution in [3.05, 3.63) is 18.2 Å². The normalized spacial score (nSPS) is 16.6. The van der Waals surface area contributed by atoms with Crippen LogP contribution < -0.4 is 5.73 Å². The van der Waals surface area contributed by atoms with E-state index in [0.717, 1.165) is 5.82 Å². The molecule has 0 amide bonds. The number of aromatic nitrogens is 4. The molecule has 5 nitrogen and oxygen atoms in total. The second-order valence-electron chi connectivity index (χ2n) is 3.32. The van der Waals surface area contributed by atoms with Gasteiger partial charge < -0.3 is 5.73 Å². The van der Waals surface area contributed by atoms with Gasteiger partial charge in [0.05, 0.1) is 0 Å². The summed E-state index contributed by atoms with van der Waals surface area (Å²) in [6.45, 7) is 0. The third-order valence-corrected chi connectivity index (χ3v) is 2.24. The molecule has 1 saturated carbocycles. The maximum atomic E-state index is 5.73. The summed E-state index contributed by atoms with van der Waals surface area (Å²) >= 11 is 0. The van der Waals surface area contributed by atoms with E-state index < -0.39 is 0 Å². The molecule has 5 heteroatoms. The number of nitrogen functional groups attached to an aromatic ring is 1. The molecule has 0 aromatic carbocycles. The van der Waals surface area contributed by atoms with Gasteiger partial charge in [0.15, 0.2) is 17.3 Å². The lowest BCUT2D eigenvalue weighted by atomic mass is 10.4. The van der Waals surface area contributed by atoms with Gasteiger partial charge in [-0.3, -0.25) is 0 Å². The number of nitrogens with two attached hydrogens (primary N) is 1. The van der Waals surface area contributed by atoms with Gasteiger partial charge in [0.2, 0.25) is 0 Å². The largest absolute Gasteiger partial charge is 0.380 e. The van der Waals surface area contributed by atoms with Crippen LogP contribution in [0.2, 0.25) is 0 Å². The first-order valence-corrected chi connectivity index (χ1v) is 4.31. The van der Waals surface area contributed by atoms with Gasteiger partial charge in [0.1, 0.15) is 0 Å². The first-order chi connectivity index (χ1) is 6.34. The molecule has 0 spiro atoms. The Kier molecular flexibility index (Phi) is 1.15. The summed E-state index contributed by atoms with van der Waals surface area (Å²) < 4.78 is 1.69. The van der Waals surface area contributed by atoms with E-state index in [-0.39, 0.29) is 0 Å². The molecular weight excluding hydrogens is 166 g/mol. The Labute approximate surface area is 74.6 Å². The molecule has 1 fully saturated rings. The van der Waals surface area contributed by atoms with E-state index in [4.69, 9.17) is 5.73 Å². The minimum atomic E-state index is 0.474. The molecule has 3 rings (SSSR count). The monoisotopic (exact) mass is 175 g/mol. The van der Waals surface area contributed by atoms with Crippen LogP contribution in [-0.2, 0) is 0 Å². The van der Waals surface area contributed by atoms with E-state index in [9.17, 15) is 0 Å². The molecule has 0 saturated heterocycles. The van der Waals surface area contributed by atoms with Crippen molar-refractivity contribution < 1.29 is 0 Å². The average molecular weight is 175 g/mol. The van der Waals surface area contributed by atoms with Crippen LogP contribution in [0.5, 0.6) is 0 Å². The summed E-state index contributed by atoms with van der Waals surface area (Å²) in [4.78, 5) is 8.27. The number of hydrogen-bond acceptors (Lipinski definition) is 4. The third-order valence-electron chi connectivity index (χ3n) is 2.24. The average Bonchev–Trinajstić information content (AvgIpc) is 2.85. The molecule has 2 aromatic rings. The van der Waals surface area contributed by atoms with E-state index in [0.29, 0.717) is 17.4 Å². The smallest absolute Gasteiger partial charge is 0.196 e. The van der Waals surface area contributed by atoms with E-state index >= 15 is 0 Å². The highest BCUT2D eigenvalue weighted by atomic mass is 15.3. The number of nitrogens with zero attached hydrogens (tertiary/aromatic N) is 4. The lowest BCUT2D eigenvalue weighted by Crippen LogP contribution is -2.04. The van der Waals surface area contributed by atoms with Gasteiger partial charge in [-0.2, -0.15) is 5.10 Å². The second-order valence-corrected chi connectivity index (χ2v) is 3.32. The summed E-state index contributed by atoms with van der Waals surface area (Å²) in [6.07, 6.45) is 5.83. The zero-order valence-corrected chi connectivity index (χ0v) is 7.01. The van der Waals surface area contributed by atoms with Crippen LogP contribution >= 0.6 is 0 Å². The molecule has 2 aromatic heterocycles. The van der Waals surface area contributed by atoms with Crippen LogP contribution in [0.15, 0.2) is 12.4 Å². The quantitative estimate of drug-likeness (QED) is 0.688. The maximum absolute atomic E-state index is 5.73. The first-order valence-electron chi connectivity index (χ1n) is 4.31. The van der Waals surface area contributed by atoms with Crippen molar-refractivity contribution in [2.24, 2.45) is 0 Å². The third kappa shape index (κ3) is 0.965. The number of hydrogen-bond donors (Lipinski definition) is 1. The number of fused-ring (bicyclic) bond motifs is 1. The number of imidazole rings is 1. The van der Waals surface area contributed by atoms with Crippen molar-refractivity contribution in [1.82, 2.24) is 19.6 Å². The Bertz CT molecular complexity index is 457. The van der Waals surface area contributed by atoms with Gasteiger partial charge in [-0.25, -0.2) is 14.5 Å². The number of rotatable bonds is 1. The van der Waals surface area contributed by atoms with Gasteiger partial charge in [0.25, 0.3) is 0 Å². The van der Waals surface area contributed by atoms with Crippen LogP contribution in [0.1, 0.15) is 24.6 Å². The highest BCUT2D eigenvalue weighted by Gasteiger charge is 2.27. The van der Waals surface area contributed by atoms with Crippen LogP contribution in [-0.4, -0.2) is 19.6 Å². The number of anilines is 1. The Balaban J connectivity index is 2.27. The highest BCUT2D eigenvalue weighted by molar-refractivity contribution is 5.58. The standard InChI is InChI=1S/C8H9N5/c9-6-8-10-3-4-13(8)12-7(11-6)5-1-2-5/h3-5H,1-2H2,(H2,9,11,12). The van der Waals surface area contributed by atoms with Crippen molar-refractivity contribution in [1.29, 1.82) is 0 Å². The fourth-order valence-corrected chi connectivity index (χ4v) is 1.38. The predicted molar refractivity (Wildman–Crippen MR) is 47.2 cm³/mol. The molecule has 0 radical (unpaired) electrons. The lowest BCUT2D eigenvalue weighted by molar-refractivity contribution is 0.806. The predicted octanol–water partition coefficient (Wildman–Crippen LogP) is 0.584. The van der Waals surface area contributed by atoms with Crippen LogP contribution in [0.25, 0.3) is 5.65 Å². The first kappa shape index (κ1) is 6.82. The zero-order chi connectivity index (χ0) is 8.84. The van der Waals surface area contributed by atoms with Crippen molar-refractivity contribution >= 4 is 11.5 Å². The van der Waals surface area contributed by atoms with Crippen molar-refractivity contribution in [3.8, 4) is 0 Å². The summed E-state index contributed by atoms with van der Waals surface area (Å²) in [5.74, 6) is 1.85. The SMILES string of the molecule is Nc1nc(C2CC2)nn2ccnc12. The summed E-state index contributed by atoms with van der Waals surface area (Å²) in [5, 5.41) is 4.32. The molecule has 2 N–H and O–H groups in total. The van der Waals surface area contributed by atoms with Gasteiger partial charge in [0, 0.05) is 18.3 Å². The minimum absolute atomic E-state index is 0.474. The Morgan fingerprint density at radius 3 is 3.08 bits per heavy atom. The maximum Gasteiger partial charge on any atom is 0.196 e. The van der Waals surface area contributed by atoms with Crippen molar-refractivity contribution in [2.45, 2.75) is 18.8 Å². The molecule has 66 valence electrons. The fraction of sp³-hybridized carbons (Fsp3) is 0.375. The Morgan fingerprint density at radius 1 is 1.46 bits per heavy atom. The van der Waals surface area contributed by atoms with E-state index in [2.05, 4.69) is 15.1 Å². The summed E-state index contributed by atoms with van der Waals surface area (Å²) in [7, 11) is 0. The molecule has 0 unspecified atom stereocenters. The van der Waals surface area contributed by atoms with Gasteiger partial charge in [-0.15, -0.1) is 0 Å². The summed E-state index contributed by atoms with van der Waals surface area (Å²) in [5.41, 5.74) is 6.38. The van der Waals surface area contributed by atoms with Crippen molar-refractivity contribution in [3.63, 3.8) is 0 Å². The van der Waals surface area contributed by atoms with Crippen LogP contribution in [0.3, 0.4) is 0 Å². The van der Waals surface area contributed by atoms with E-state index in [1.54, 1.807) is 16.9 Å². The highest BCUT2D eigenvalue weighted by Crippen LogP contribution is 2.38. The fourth-order valence-electron chi connectivity index (χ4n) is 1.38. The van der Waals surface area contributed by atoms with E-state index in [1.165, 1.54) is 12.8 Å². The topological polar surface area (TPSA) is 69.1 Å². The molecular formula is C8H9N5. The Hall–Kier alpha value is -1.65. The zero-order valence-electron chi connectivity index (χ0n) is 7.01. The lowest BCUT2D eigenvalue weighted by Gasteiger charge is -2.00. The minimum Gasteiger partial charge on any atom is -0.380 e. The van der Waals surface area contributed by atoms with Gasteiger partial charge in [-0.1, -0.05) is 0 Å². The molecule has 0 atom stereocenters. The molecule has 1 aliphatic carbocycles. The second kappa shape index (κ2) is 2.18. The molecule has 2 heterocycles. The van der Waals surface area contributed by atoms with Gasteiger partial charge in [-0.05, 0) is 12.8 Å². The molecule has 0 bridgehead atoms. The van der Waals surface area contributed by atoms with Crippen LogP contribution in [0.4, 0.5) is 5.82 Å². The van der Waals surface area contributed by atoms with Crippen LogP contribution in [0, 0.1) is 0 Å². The van der Waals surface area contributed by atoms with Crippen molar-refractivity contribution in [2.75, 3.05) is 5.73 Å². The van der Waals surface area contributed by atoms with E-state index in [1.807, 2.05) is 0 Å².